The zero-order valence-corrected chi connectivity index (χ0v) is 15.3. The Bertz CT molecular complexity index is 581. The summed E-state index contributed by atoms with van der Waals surface area (Å²) >= 11 is 0. The number of benzene rings is 1. The molecule has 0 bridgehead atoms. The van der Waals surface area contributed by atoms with Crippen molar-refractivity contribution in [1.29, 1.82) is 0 Å². The van der Waals surface area contributed by atoms with Gasteiger partial charge in [-0.25, -0.2) is 0 Å². The van der Waals surface area contributed by atoms with Crippen molar-refractivity contribution in [2.24, 2.45) is 0 Å². The van der Waals surface area contributed by atoms with E-state index in [-0.39, 0.29) is 0 Å². The fourth-order valence-corrected chi connectivity index (χ4v) is 3.43. The Morgan fingerprint density at radius 2 is 1.62 bits per heavy atom. The molecule has 0 unspecified atom stereocenters. The number of nitrogens with one attached hydrogen (secondary N) is 2. The van der Waals surface area contributed by atoms with Crippen LogP contribution in [0.25, 0.3) is 0 Å². The van der Waals surface area contributed by atoms with E-state index in [1.165, 1.54) is 5.56 Å². The molecular weight excluding hydrogens is 330 g/mol. The minimum atomic E-state index is -0.475. The Morgan fingerprint density at radius 1 is 0.923 bits per heavy atom. The Balaban J connectivity index is 1.35. The van der Waals surface area contributed by atoms with Crippen LogP contribution in [0.5, 0.6) is 0 Å². The maximum absolute atomic E-state index is 12.3. The predicted octanol–water partition coefficient (Wildman–Crippen LogP) is -0.648. The molecule has 0 radical (unpaired) electrons. The Hall–Kier alpha value is -1.96. The van der Waals surface area contributed by atoms with Crippen molar-refractivity contribution in [3.8, 4) is 0 Å². The van der Waals surface area contributed by atoms with Crippen LogP contribution in [0.2, 0.25) is 0 Å². The highest BCUT2D eigenvalue weighted by Gasteiger charge is 2.25. The summed E-state index contributed by atoms with van der Waals surface area (Å²) in [5.41, 5.74) is 1.28. The number of amides is 2. The second-order valence-electron chi connectivity index (χ2n) is 6.90. The van der Waals surface area contributed by atoms with Crippen molar-refractivity contribution >= 4 is 11.8 Å². The van der Waals surface area contributed by atoms with Crippen molar-refractivity contribution in [2.45, 2.75) is 6.54 Å². The van der Waals surface area contributed by atoms with Gasteiger partial charge in [-0.3, -0.25) is 19.4 Å². The molecule has 0 atom stereocenters. The van der Waals surface area contributed by atoms with Gasteiger partial charge in [0, 0.05) is 72.0 Å². The second-order valence-corrected chi connectivity index (χ2v) is 6.90. The van der Waals surface area contributed by atoms with Crippen molar-refractivity contribution in [2.75, 3.05) is 65.4 Å². The largest absolute Gasteiger partial charge is 0.347 e. The number of piperazine rings is 2. The lowest BCUT2D eigenvalue weighted by molar-refractivity contribution is -0.147. The van der Waals surface area contributed by atoms with E-state index < -0.39 is 11.8 Å². The third-order valence-corrected chi connectivity index (χ3v) is 5.03. The molecule has 2 aliphatic heterocycles. The summed E-state index contributed by atoms with van der Waals surface area (Å²) in [4.78, 5) is 30.7. The molecule has 2 heterocycles. The summed E-state index contributed by atoms with van der Waals surface area (Å²) in [5.74, 6) is -0.874. The smallest absolute Gasteiger partial charge is 0.311 e. The van der Waals surface area contributed by atoms with Gasteiger partial charge in [-0.2, -0.15) is 0 Å². The highest BCUT2D eigenvalue weighted by Crippen LogP contribution is 2.08. The summed E-state index contributed by atoms with van der Waals surface area (Å²) in [6.45, 7) is 8.99. The van der Waals surface area contributed by atoms with Crippen LogP contribution >= 0.6 is 0 Å². The SMILES string of the molecule is O=C(NCCN1CCNCC1)C(=O)N1CCN(Cc2ccccc2)CC1. The number of carbonyl (C=O) groups is 2. The van der Waals surface area contributed by atoms with E-state index in [9.17, 15) is 9.59 Å². The normalized spacial score (nSPS) is 19.3. The molecule has 2 N–H and O–H groups in total. The fraction of sp³-hybridized carbons (Fsp3) is 0.579. The molecule has 2 fully saturated rings. The van der Waals surface area contributed by atoms with Gasteiger partial charge < -0.3 is 15.5 Å². The summed E-state index contributed by atoms with van der Waals surface area (Å²) in [7, 11) is 0. The van der Waals surface area contributed by atoms with Crippen molar-refractivity contribution in [3.63, 3.8) is 0 Å². The van der Waals surface area contributed by atoms with Gasteiger partial charge in [0.25, 0.3) is 0 Å². The summed E-state index contributed by atoms with van der Waals surface area (Å²) < 4.78 is 0. The van der Waals surface area contributed by atoms with Crippen LogP contribution in [-0.2, 0) is 16.1 Å². The van der Waals surface area contributed by atoms with Crippen LogP contribution in [0.15, 0.2) is 30.3 Å². The molecule has 2 aliphatic rings. The van der Waals surface area contributed by atoms with Crippen molar-refractivity contribution < 1.29 is 9.59 Å². The van der Waals surface area contributed by atoms with Crippen molar-refractivity contribution in [1.82, 2.24) is 25.3 Å². The van der Waals surface area contributed by atoms with E-state index in [4.69, 9.17) is 0 Å². The second kappa shape index (κ2) is 9.66. The minimum absolute atomic E-state index is 0.398. The molecule has 2 saturated heterocycles. The van der Waals surface area contributed by atoms with Crippen LogP contribution in [-0.4, -0.2) is 92.0 Å². The first-order chi connectivity index (χ1) is 12.7. The average Bonchev–Trinajstić information content (AvgIpc) is 2.69. The van der Waals surface area contributed by atoms with E-state index in [1.54, 1.807) is 4.90 Å². The first-order valence-corrected chi connectivity index (χ1v) is 9.49. The van der Waals surface area contributed by atoms with Gasteiger partial charge in [-0.05, 0) is 5.56 Å². The number of rotatable bonds is 5. The van der Waals surface area contributed by atoms with Gasteiger partial charge in [0.1, 0.15) is 0 Å². The number of hydrogen-bond donors (Lipinski definition) is 2. The fourth-order valence-electron chi connectivity index (χ4n) is 3.43. The van der Waals surface area contributed by atoms with Crippen LogP contribution < -0.4 is 10.6 Å². The predicted molar refractivity (Wildman–Crippen MR) is 101 cm³/mol. The van der Waals surface area contributed by atoms with E-state index in [0.29, 0.717) is 19.6 Å². The number of hydrogen-bond acceptors (Lipinski definition) is 5. The van der Waals surface area contributed by atoms with Gasteiger partial charge in [0.15, 0.2) is 0 Å². The summed E-state index contributed by atoms with van der Waals surface area (Å²) in [5, 5.41) is 6.07. The van der Waals surface area contributed by atoms with Crippen LogP contribution in [0.3, 0.4) is 0 Å². The molecule has 0 saturated carbocycles. The van der Waals surface area contributed by atoms with Crippen LogP contribution in [0, 0.1) is 0 Å². The lowest BCUT2D eigenvalue weighted by atomic mass is 10.2. The van der Waals surface area contributed by atoms with E-state index in [2.05, 4.69) is 32.6 Å². The molecule has 0 aromatic heterocycles. The lowest BCUT2D eigenvalue weighted by Gasteiger charge is -2.34. The maximum atomic E-state index is 12.3. The zero-order valence-electron chi connectivity index (χ0n) is 15.3. The molecule has 0 aliphatic carbocycles. The van der Waals surface area contributed by atoms with E-state index in [1.807, 2.05) is 18.2 Å². The van der Waals surface area contributed by atoms with E-state index >= 15 is 0 Å². The topological polar surface area (TPSA) is 67.9 Å². The minimum Gasteiger partial charge on any atom is -0.347 e. The molecule has 26 heavy (non-hydrogen) atoms. The zero-order chi connectivity index (χ0) is 18.2. The Labute approximate surface area is 155 Å². The van der Waals surface area contributed by atoms with Crippen LogP contribution in [0.1, 0.15) is 5.56 Å². The Kier molecular flexibility index (Phi) is 6.99. The van der Waals surface area contributed by atoms with Gasteiger partial charge >= 0.3 is 11.8 Å². The van der Waals surface area contributed by atoms with Gasteiger partial charge in [0.2, 0.25) is 0 Å². The molecule has 0 spiro atoms. The first-order valence-electron chi connectivity index (χ1n) is 9.49. The van der Waals surface area contributed by atoms with Crippen LogP contribution in [0.4, 0.5) is 0 Å². The molecule has 2 amide bonds. The molecule has 3 rings (SSSR count). The molecule has 1 aromatic carbocycles. The quantitative estimate of drug-likeness (QED) is 0.684. The molecule has 7 nitrogen and oxygen atoms in total. The molecule has 1 aromatic rings. The first kappa shape index (κ1) is 18.8. The summed E-state index contributed by atoms with van der Waals surface area (Å²) in [6, 6.07) is 10.3. The van der Waals surface area contributed by atoms with Gasteiger partial charge in [-0.15, -0.1) is 0 Å². The Morgan fingerprint density at radius 3 is 2.31 bits per heavy atom. The number of carbonyl (C=O) groups excluding carboxylic acids is 2. The summed E-state index contributed by atoms with van der Waals surface area (Å²) in [6.07, 6.45) is 0. The highest BCUT2D eigenvalue weighted by atomic mass is 16.2. The third kappa shape index (κ3) is 5.52. The number of nitrogens with zero attached hydrogens (tertiary/aromatic N) is 3. The molecule has 142 valence electrons. The van der Waals surface area contributed by atoms with Gasteiger partial charge in [-0.1, -0.05) is 30.3 Å². The lowest BCUT2D eigenvalue weighted by Crippen LogP contribution is -2.53. The molecule has 7 heteroatoms. The van der Waals surface area contributed by atoms with E-state index in [0.717, 1.165) is 52.4 Å². The maximum Gasteiger partial charge on any atom is 0.311 e. The van der Waals surface area contributed by atoms with Crippen molar-refractivity contribution in [3.05, 3.63) is 35.9 Å². The third-order valence-electron chi connectivity index (χ3n) is 5.03. The van der Waals surface area contributed by atoms with Gasteiger partial charge in [0.05, 0.1) is 0 Å². The highest BCUT2D eigenvalue weighted by molar-refractivity contribution is 6.35. The average molecular weight is 359 g/mol. The monoisotopic (exact) mass is 359 g/mol. The molecular formula is C19H29N5O2. The standard InChI is InChI=1S/C19H29N5O2/c25-18(21-8-11-22-9-6-20-7-10-22)19(26)24-14-12-23(13-15-24)16-17-4-2-1-3-5-17/h1-5,20H,6-16H2,(H,21,25).